The van der Waals surface area contributed by atoms with Crippen LogP contribution in [0.25, 0.3) is 0 Å². The smallest absolute Gasteiger partial charge is 0.320 e. The number of carbonyl (C=O) groups excluding carboxylic acids is 2. The highest BCUT2D eigenvalue weighted by molar-refractivity contribution is 5.94. The molecule has 0 saturated heterocycles. The molecule has 0 rings (SSSR count). The summed E-state index contributed by atoms with van der Waals surface area (Å²) in [5.74, 6) is -1.85. The van der Waals surface area contributed by atoms with Crippen LogP contribution in [0.15, 0.2) is 17.9 Å². The molecular formula is C13H20O4. The Morgan fingerprint density at radius 2 is 1.76 bits per heavy atom. The Hall–Kier alpha value is -1.54. The van der Waals surface area contributed by atoms with Crippen molar-refractivity contribution in [3.8, 4) is 0 Å². The number of ether oxygens (including phenoxy) is 2. The third kappa shape index (κ3) is 6.59. The number of unbranched alkanes of at least 4 members (excludes halogenated alkanes) is 2. The molecule has 17 heavy (non-hydrogen) atoms. The molecule has 4 nitrogen and oxygen atoms in total. The van der Waals surface area contributed by atoms with Crippen LogP contribution in [0.1, 0.15) is 32.6 Å². The molecule has 0 radical (unpaired) electrons. The van der Waals surface area contributed by atoms with E-state index in [2.05, 4.69) is 15.2 Å². The van der Waals surface area contributed by atoms with Crippen molar-refractivity contribution in [2.75, 3.05) is 14.2 Å². The van der Waals surface area contributed by atoms with Gasteiger partial charge < -0.3 is 9.47 Å². The Bertz CT molecular complexity index is 285. The van der Waals surface area contributed by atoms with Gasteiger partial charge in [-0.25, -0.2) is 0 Å². The van der Waals surface area contributed by atoms with Crippen molar-refractivity contribution in [2.45, 2.75) is 32.6 Å². The van der Waals surface area contributed by atoms with Crippen molar-refractivity contribution < 1.29 is 19.1 Å². The van der Waals surface area contributed by atoms with Crippen molar-refractivity contribution in [3.63, 3.8) is 0 Å². The molecule has 0 aromatic heterocycles. The second-order valence-electron chi connectivity index (χ2n) is 3.54. The zero-order valence-electron chi connectivity index (χ0n) is 10.7. The van der Waals surface area contributed by atoms with Crippen LogP contribution in [0.4, 0.5) is 0 Å². The van der Waals surface area contributed by atoms with Crippen LogP contribution in [-0.4, -0.2) is 26.2 Å². The van der Waals surface area contributed by atoms with Crippen LogP contribution in [-0.2, 0) is 19.1 Å². The number of hydrogen-bond donors (Lipinski definition) is 0. The maximum absolute atomic E-state index is 11.3. The van der Waals surface area contributed by atoms with E-state index in [1.807, 2.05) is 19.1 Å². The lowest BCUT2D eigenvalue weighted by atomic mass is 10.0. The first-order valence-corrected chi connectivity index (χ1v) is 5.68. The van der Waals surface area contributed by atoms with Crippen molar-refractivity contribution in [1.29, 1.82) is 0 Å². The first kappa shape index (κ1) is 15.5. The highest BCUT2D eigenvalue weighted by Crippen LogP contribution is 2.13. The van der Waals surface area contributed by atoms with Gasteiger partial charge in [0.25, 0.3) is 0 Å². The summed E-state index contributed by atoms with van der Waals surface area (Å²) in [4.78, 5) is 22.7. The van der Waals surface area contributed by atoms with E-state index < -0.39 is 17.9 Å². The minimum absolute atomic E-state index is 0.461. The molecule has 4 heteroatoms. The Balaban J connectivity index is 4.05. The van der Waals surface area contributed by atoms with E-state index in [1.54, 1.807) is 0 Å². The minimum atomic E-state index is -0.796. The molecule has 0 aliphatic carbocycles. The van der Waals surface area contributed by atoms with E-state index in [4.69, 9.17) is 0 Å². The van der Waals surface area contributed by atoms with Crippen LogP contribution in [0.5, 0.6) is 0 Å². The van der Waals surface area contributed by atoms with Gasteiger partial charge in [0.2, 0.25) is 0 Å². The van der Waals surface area contributed by atoms with E-state index in [1.165, 1.54) is 14.2 Å². The average molecular weight is 240 g/mol. The van der Waals surface area contributed by atoms with E-state index in [0.717, 1.165) is 19.3 Å². The Morgan fingerprint density at radius 1 is 1.18 bits per heavy atom. The first-order valence-electron chi connectivity index (χ1n) is 5.68. The second kappa shape index (κ2) is 9.67. The SMILES string of the molecule is CC=C=CCCCCC(C(=O)OC)C(=O)OC. The van der Waals surface area contributed by atoms with E-state index >= 15 is 0 Å². The number of carbonyl (C=O) groups is 2. The number of hydrogen-bond acceptors (Lipinski definition) is 4. The lowest BCUT2D eigenvalue weighted by Crippen LogP contribution is -2.26. The van der Waals surface area contributed by atoms with Crippen molar-refractivity contribution >= 4 is 11.9 Å². The zero-order chi connectivity index (χ0) is 13.1. The topological polar surface area (TPSA) is 52.6 Å². The summed E-state index contributed by atoms with van der Waals surface area (Å²) in [6.45, 7) is 1.90. The Labute approximate surface area is 102 Å². The number of esters is 2. The summed E-state index contributed by atoms with van der Waals surface area (Å²) < 4.78 is 9.13. The fourth-order valence-electron chi connectivity index (χ4n) is 1.41. The fraction of sp³-hybridized carbons (Fsp3) is 0.615. The largest absolute Gasteiger partial charge is 0.468 e. The van der Waals surface area contributed by atoms with Crippen LogP contribution in [0, 0.1) is 5.92 Å². The van der Waals surface area contributed by atoms with E-state index in [-0.39, 0.29) is 0 Å². The highest BCUT2D eigenvalue weighted by Gasteiger charge is 2.27. The van der Waals surface area contributed by atoms with Gasteiger partial charge in [0, 0.05) is 0 Å². The van der Waals surface area contributed by atoms with Gasteiger partial charge in [-0.3, -0.25) is 9.59 Å². The maximum atomic E-state index is 11.3. The normalized spacial score (nSPS) is 9.41. The van der Waals surface area contributed by atoms with Crippen LogP contribution < -0.4 is 0 Å². The monoisotopic (exact) mass is 240 g/mol. The van der Waals surface area contributed by atoms with Crippen LogP contribution >= 0.6 is 0 Å². The summed E-state index contributed by atoms with van der Waals surface area (Å²) in [6, 6.07) is 0. The molecule has 0 aromatic carbocycles. The Kier molecular flexibility index (Phi) is 8.79. The van der Waals surface area contributed by atoms with Gasteiger partial charge >= 0.3 is 11.9 Å². The van der Waals surface area contributed by atoms with Crippen LogP contribution in [0.3, 0.4) is 0 Å². The lowest BCUT2D eigenvalue weighted by molar-refractivity contribution is -0.159. The molecule has 0 amide bonds. The van der Waals surface area contributed by atoms with Crippen molar-refractivity contribution in [2.24, 2.45) is 5.92 Å². The molecule has 0 bridgehead atoms. The second-order valence-corrected chi connectivity index (χ2v) is 3.54. The summed E-state index contributed by atoms with van der Waals surface area (Å²) >= 11 is 0. The molecule has 0 atom stereocenters. The maximum Gasteiger partial charge on any atom is 0.320 e. The summed E-state index contributed by atoms with van der Waals surface area (Å²) in [5.41, 5.74) is 2.97. The summed E-state index contributed by atoms with van der Waals surface area (Å²) in [5, 5.41) is 0. The minimum Gasteiger partial charge on any atom is -0.468 e. The molecule has 0 aliphatic heterocycles. The van der Waals surface area contributed by atoms with E-state index in [0.29, 0.717) is 6.42 Å². The lowest BCUT2D eigenvalue weighted by Gasteiger charge is -2.11. The Morgan fingerprint density at radius 3 is 2.24 bits per heavy atom. The fourth-order valence-corrected chi connectivity index (χ4v) is 1.41. The van der Waals surface area contributed by atoms with Gasteiger partial charge in [0.15, 0.2) is 5.92 Å². The van der Waals surface area contributed by atoms with Gasteiger partial charge in [0.1, 0.15) is 0 Å². The predicted octanol–water partition coefficient (Wildman–Crippen LogP) is 2.24. The molecule has 0 fully saturated rings. The number of allylic oxidation sites excluding steroid dienone is 1. The quantitative estimate of drug-likeness (QED) is 0.296. The van der Waals surface area contributed by atoms with Gasteiger partial charge in [0.05, 0.1) is 14.2 Å². The molecule has 0 heterocycles. The summed E-state index contributed by atoms with van der Waals surface area (Å²) in [7, 11) is 2.54. The standard InChI is InChI=1S/C13H20O4/c1-4-5-6-7-8-9-10-11(12(14)16-2)13(15)17-3/h4,6,11H,7-10H2,1-3H3. The predicted molar refractivity (Wildman–Crippen MR) is 64.3 cm³/mol. The molecule has 0 aromatic rings. The number of rotatable bonds is 7. The zero-order valence-corrected chi connectivity index (χ0v) is 10.7. The number of methoxy groups -OCH3 is 2. The highest BCUT2D eigenvalue weighted by atomic mass is 16.5. The molecule has 0 N–H and O–H groups in total. The van der Waals surface area contributed by atoms with Gasteiger partial charge in [-0.05, 0) is 38.3 Å². The van der Waals surface area contributed by atoms with Gasteiger partial charge in [-0.2, -0.15) is 0 Å². The van der Waals surface area contributed by atoms with Crippen molar-refractivity contribution in [1.82, 2.24) is 0 Å². The molecule has 0 unspecified atom stereocenters. The van der Waals surface area contributed by atoms with Gasteiger partial charge in [-0.15, -0.1) is 5.73 Å². The van der Waals surface area contributed by atoms with Gasteiger partial charge in [-0.1, -0.05) is 6.42 Å². The third-order valence-electron chi connectivity index (χ3n) is 2.35. The van der Waals surface area contributed by atoms with Crippen LogP contribution in [0.2, 0.25) is 0 Å². The van der Waals surface area contributed by atoms with Crippen molar-refractivity contribution in [3.05, 3.63) is 17.9 Å². The third-order valence-corrected chi connectivity index (χ3v) is 2.35. The molecule has 0 saturated carbocycles. The molecule has 96 valence electrons. The molecule has 0 spiro atoms. The average Bonchev–Trinajstić information content (AvgIpc) is 2.36. The van der Waals surface area contributed by atoms with E-state index in [9.17, 15) is 9.59 Å². The first-order chi connectivity index (χ1) is 8.17. The summed E-state index contributed by atoms with van der Waals surface area (Å²) in [6.07, 6.45) is 6.81. The molecule has 0 aliphatic rings. The molecular weight excluding hydrogens is 220 g/mol.